The number of nitrogens with zero attached hydrogens (tertiary/aromatic N) is 3. The largest absolute Gasteiger partial charge is 0.497 e. The Hall–Kier alpha value is -3.65. The Kier molecular flexibility index (Phi) is 6.43. The summed E-state index contributed by atoms with van der Waals surface area (Å²) in [6, 6.07) is 12.8. The van der Waals surface area contributed by atoms with Gasteiger partial charge >= 0.3 is 0 Å². The van der Waals surface area contributed by atoms with Crippen molar-refractivity contribution in [3.63, 3.8) is 0 Å². The second-order valence-corrected chi connectivity index (χ2v) is 9.24. The molecule has 1 atom stereocenters. The standard InChI is InChI=1S/C26H27N3O4S/c1-15-23(16(2)30)24(17-7-10-19(11-8-17)28(3)4)29-25(31)22(34-26(29)27-15)13-18-9-12-20(32-5)14-21(18)33-6/h7-14,24H,1-6H3/b22-13+. The molecule has 4 rings (SSSR count). The van der Waals surface area contributed by atoms with Gasteiger partial charge in [0.25, 0.3) is 5.56 Å². The van der Waals surface area contributed by atoms with Crippen LogP contribution in [0.2, 0.25) is 0 Å². The third-order valence-corrected chi connectivity index (χ3v) is 6.84. The minimum absolute atomic E-state index is 0.103. The second-order valence-electron chi connectivity index (χ2n) is 8.23. The van der Waals surface area contributed by atoms with Crippen molar-refractivity contribution in [3.05, 3.63) is 84.5 Å². The summed E-state index contributed by atoms with van der Waals surface area (Å²) in [5.41, 5.74) is 3.60. The zero-order chi connectivity index (χ0) is 24.6. The molecule has 0 saturated carbocycles. The molecular weight excluding hydrogens is 450 g/mol. The highest BCUT2D eigenvalue weighted by molar-refractivity contribution is 7.07. The summed E-state index contributed by atoms with van der Waals surface area (Å²) in [7, 11) is 7.10. The van der Waals surface area contributed by atoms with Gasteiger partial charge in [-0.2, -0.15) is 0 Å². The number of ketones is 1. The van der Waals surface area contributed by atoms with E-state index in [1.807, 2.05) is 62.3 Å². The van der Waals surface area contributed by atoms with Gasteiger partial charge in [-0.1, -0.05) is 23.5 Å². The average molecular weight is 478 g/mol. The molecule has 0 spiro atoms. The van der Waals surface area contributed by atoms with Gasteiger partial charge in [0.05, 0.1) is 24.8 Å². The molecule has 0 saturated heterocycles. The lowest BCUT2D eigenvalue weighted by Gasteiger charge is -2.25. The highest BCUT2D eigenvalue weighted by Gasteiger charge is 2.30. The van der Waals surface area contributed by atoms with E-state index in [1.54, 1.807) is 30.9 Å². The number of ether oxygens (including phenoxy) is 2. The normalized spacial score (nSPS) is 15.6. The van der Waals surface area contributed by atoms with Crippen LogP contribution in [0.5, 0.6) is 11.5 Å². The summed E-state index contributed by atoms with van der Waals surface area (Å²) in [6.45, 7) is 3.34. The molecule has 1 aliphatic rings. The predicted molar refractivity (Wildman–Crippen MR) is 135 cm³/mol. The summed E-state index contributed by atoms with van der Waals surface area (Å²) in [5.74, 6) is 1.16. The number of methoxy groups -OCH3 is 2. The van der Waals surface area contributed by atoms with Crippen molar-refractivity contribution in [2.24, 2.45) is 4.99 Å². The molecule has 2 heterocycles. The first kappa shape index (κ1) is 23.5. The molecule has 7 nitrogen and oxygen atoms in total. The molecule has 0 aliphatic carbocycles. The summed E-state index contributed by atoms with van der Waals surface area (Å²) in [6.07, 6.45) is 1.79. The molecule has 1 unspecified atom stereocenters. The van der Waals surface area contributed by atoms with E-state index in [0.717, 1.165) is 16.8 Å². The molecule has 1 aliphatic heterocycles. The number of anilines is 1. The van der Waals surface area contributed by atoms with E-state index in [9.17, 15) is 9.59 Å². The Labute approximate surface area is 201 Å². The van der Waals surface area contributed by atoms with Crippen LogP contribution < -0.4 is 29.3 Å². The van der Waals surface area contributed by atoms with E-state index in [4.69, 9.17) is 9.47 Å². The van der Waals surface area contributed by atoms with Gasteiger partial charge in [0.1, 0.15) is 11.5 Å². The number of allylic oxidation sites excluding steroid dienone is 2. The van der Waals surface area contributed by atoms with Gasteiger partial charge in [0.2, 0.25) is 0 Å². The lowest BCUT2D eigenvalue weighted by Crippen LogP contribution is -2.39. The molecule has 0 bridgehead atoms. The van der Waals surface area contributed by atoms with Crippen molar-refractivity contribution in [2.75, 3.05) is 33.2 Å². The van der Waals surface area contributed by atoms with E-state index < -0.39 is 6.04 Å². The number of carbonyl (C=O) groups excluding carboxylic acids is 1. The predicted octanol–water partition coefficient (Wildman–Crippen LogP) is 2.91. The molecule has 0 fully saturated rings. The highest BCUT2D eigenvalue weighted by atomic mass is 32.1. The molecule has 0 N–H and O–H groups in total. The number of fused-ring (bicyclic) bond motifs is 1. The lowest BCUT2D eigenvalue weighted by molar-refractivity contribution is -0.114. The number of hydrogen-bond donors (Lipinski definition) is 0. The van der Waals surface area contributed by atoms with Gasteiger partial charge < -0.3 is 14.4 Å². The van der Waals surface area contributed by atoms with Gasteiger partial charge in [-0.3, -0.25) is 14.2 Å². The minimum Gasteiger partial charge on any atom is -0.497 e. The van der Waals surface area contributed by atoms with Gasteiger partial charge in [-0.15, -0.1) is 0 Å². The van der Waals surface area contributed by atoms with Crippen LogP contribution in [-0.2, 0) is 4.79 Å². The quantitative estimate of drug-likeness (QED) is 0.546. The Morgan fingerprint density at radius 3 is 2.41 bits per heavy atom. The van der Waals surface area contributed by atoms with Crippen molar-refractivity contribution >= 4 is 28.9 Å². The monoisotopic (exact) mass is 477 g/mol. The van der Waals surface area contributed by atoms with Crippen molar-refractivity contribution in [1.29, 1.82) is 0 Å². The smallest absolute Gasteiger partial charge is 0.271 e. The fourth-order valence-electron chi connectivity index (χ4n) is 4.12. The Balaban J connectivity index is 1.93. The third-order valence-electron chi connectivity index (χ3n) is 5.85. The number of benzene rings is 2. The van der Waals surface area contributed by atoms with Crippen LogP contribution in [0.15, 0.2) is 63.5 Å². The van der Waals surface area contributed by atoms with Crippen molar-refractivity contribution in [3.8, 4) is 11.5 Å². The van der Waals surface area contributed by atoms with Crippen molar-refractivity contribution in [2.45, 2.75) is 19.9 Å². The van der Waals surface area contributed by atoms with Gasteiger partial charge in [-0.05, 0) is 49.8 Å². The molecule has 3 aromatic rings. The molecule has 1 aromatic heterocycles. The van der Waals surface area contributed by atoms with E-state index in [1.165, 1.54) is 18.3 Å². The maximum Gasteiger partial charge on any atom is 0.271 e. The Bertz CT molecular complexity index is 1460. The fraction of sp³-hybridized carbons (Fsp3) is 0.269. The summed E-state index contributed by atoms with van der Waals surface area (Å²) >= 11 is 1.30. The zero-order valence-electron chi connectivity index (χ0n) is 20.1. The fourth-order valence-corrected chi connectivity index (χ4v) is 5.16. The first-order chi connectivity index (χ1) is 16.2. The first-order valence-electron chi connectivity index (χ1n) is 10.8. The number of rotatable bonds is 6. The Morgan fingerprint density at radius 1 is 1.12 bits per heavy atom. The Morgan fingerprint density at radius 2 is 1.82 bits per heavy atom. The van der Waals surface area contributed by atoms with Crippen LogP contribution in [0, 0.1) is 0 Å². The summed E-state index contributed by atoms with van der Waals surface area (Å²) in [5, 5.41) is 0. The number of hydrogen-bond acceptors (Lipinski definition) is 7. The second kappa shape index (κ2) is 9.30. The van der Waals surface area contributed by atoms with Crippen LogP contribution >= 0.6 is 11.3 Å². The number of thiazole rings is 1. The van der Waals surface area contributed by atoms with Gasteiger partial charge in [0, 0.05) is 42.7 Å². The van der Waals surface area contributed by atoms with Gasteiger partial charge in [0.15, 0.2) is 10.6 Å². The molecule has 176 valence electrons. The van der Waals surface area contributed by atoms with Crippen LogP contribution in [-0.4, -0.2) is 38.7 Å². The molecule has 34 heavy (non-hydrogen) atoms. The number of carbonyl (C=O) groups is 1. The van der Waals surface area contributed by atoms with Crippen LogP contribution in [0.4, 0.5) is 5.69 Å². The number of Topliss-reactive ketones (excluding diaryl/α,β-unsaturated/α-hetero) is 1. The number of aromatic nitrogens is 1. The van der Waals surface area contributed by atoms with Crippen LogP contribution in [0.3, 0.4) is 0 Å². The summed E-state index contributed by atoms with van der Waals surface area (Å²) < 4.78 is 12.9. The van der Waals surface area contributed by atoms with E-state index in [2.05, 4.69) is 4.99 Å². The molecule has 0 radical (unpaired) electrons. The third kappa shape index (κ3) is 4.17. The average Bonchev–Trinajstić information content (AvgIpc) is 3.12. The maximum absolute atomic E-state index is 13.6. The summed E-state index contributed by atoms with van der Waals surface area (Å²) in [4.78, 5) is 33.5. The molecule has 8 heteroatoms. The van der Waals surface area contributed by atoms with Crippen LogP contribution in [0.1, 0.15) is 31.0 Å². The highest BCUT2D eigenvalue weighted by Crippen LogP contribution is 2.31. The maximum atomic E-state index is 13.6. The van der Waals surface area contributed by atoms with E-state index in [0.29, 0.717) is 32.1 Å². The van der Waals surface area contributed by atoms with Gasteiger partial charge in [-0.25, -0.2) is 4.99 Å². The van der Waals surface area contributed by atoms with Crippen molar-refractivity contribution < 1.29 is 14.3 Å². The van der Waals surface area contributed by atoms with E-state index >= 15 is 0 Å². The lowest BCUT2D eigenvalue weighted by atomic mass is 9.93. The van der Waals surface area contributed by atoms with Crippen LogP contribution in [0.25, 0.3) is 6.08 Å². The first-order valence-corrected chi connectivity index (χ1v) is 11.6. The minimum atomic E-state index is -0.537. The zero-order valence-corrected chi connectivity index (χ0v) is 20.9. The molecular formula is C26H27N3O4S. The molecule has 2 aromatic carbocycles. The van der Waals surface area contributed by atoms with Crippen molar-refractivity contribution in [1.82, 2.24) is 4.57 Å². The SMILES string of the molecule is COc1ccc(/C=c2/sc3n(c2=O)C(c2ccc(N(C)C)cc2)C(C(C)=O)=C(C)N=3)c(OC)c1. The molecule has 0 amide bonds. The topological polar surface area (TPSA) is 73.1 Å². The van der Waals surface area contributed by atoms with E-state index in [-0.39, 0.29) is 11.3 Å².